The van der Waals surface area contributed by atoms with Crippen molar-refractivity contribution in [3.63, 3.8) is 0 Å². The summed E-state index contributed by atoms with van der Waals surface area (Å²) >= 11 is 4.72. The molecule has 0 saturated heterocycles. The summed E-state index contributed by atoms with van der Waals surface area (Å²) < 4.78 is 28.0. The van der Waals surface area contributed by atoms with Crippen LogP contribution in [0.25, 0.3) is 0 Å². The number of hydrogen-bond acceptors (Lipinski definition) is 4. The summed E-state index contributed by atoms with van der Waals surface area (Å²) in [6, 6.07) is 4.18. The smallest absolute Gasteiger partial charge is 0.238 e. The van der Waals surface area contributed by atoms with E-state index in [1.165, 1.54) is 18.2 Å². The van der Waals surface area contributed by atoms with Gasteiger partial charge in [-0.1, -0.05) is 0 Å². The predicted octanol–water partition coefficient (Wildman–Crippen LogP) is 0.777. The van der Waals surface area contributed by atoms with E-state index in [1.54, 1.807) is 0 Å². The van der Waals surface area contributed by atoms with Crippen LogP contribution >= 0.6 is 12.2 Å². The molecule has 0 aliphatic carbocycles. The Hall–Kier alpha value is -1.38. The van der Waals surface area contributed by atoms with Gasteiger partial charge in [-0.3, -0.25) is 0 Å². The Bertz CT molecular complexity index is 555. The standard InChI is InChI=1S/C10H15N3O3S2/c1-6(2)16-9-4-3-7(18(12,14)15)5-8(9)13-10(11)17/h3-6H,1-2H3,(H3,11,13,17)(H2,12,14,15). The molecule has 0 heterocycles. The highest BCUT2D eigenvalue weighted by Gasteiger charge is 2.13. The van der Waals surface area contributed by atoms with Gasteiger partial charge in [-0.2, -0.15) is 0 Å². The van der Waals surface area contributed by atoms with Gasteiger partial charge in [0.25, 0.3) is 0 Å². The Balaban J connectivity index is 3.24. The SMILES string of the molecule is CC(C)Oc1ccc(S(N)(=O)=O)cc1NC(N)=S. The third-order valence-corrected chi connectivity index (χ3v) is 2.91. The number of rotatable bonds is 4. The third-order valence-electron chi connectivity index (χ3n) is 1.90. The van der Waals surface area contributed by atoms with Gasteiger partial charge in [0.1, 0.15) is 5.75 Å². The summed E-state index contributed by atoms with van der Waals surface area (Å²) in [7, 11) is -3.79. The molecule has 100 valence electrons. The number of benzene rings is 1. The van der Waals surface area contributed by atoms with E-state index in [4.69, 9.17) is 27.8 Å². The van der Waals surface area contributed by atoms with Crippen molar-refractivity contribution in [1.82, 2.24) is 0 Å². The molecule has 0 aromatic heterocycles. The number of thiocarbonyl (C=S) groups is 1. The first-order valence-electron chi connectivity index (χ1n) is 5.10. The molecule has 1 aromatic rings. The first-order chi connectivity index (χ1) is 8.20. The van der Waals surface area contributed by atoms with E-state index in [-0.39, 0.29) is 16.1 Å². The van der Waals surface area contributed by atoms with Gasteiger partial charge >= 0.3 is 0 Å². The van der Waals surface area contributed by atoms with Crippen LogP contribution in [-0.4, -0.2) is 19.6 Å². The van der Waals surface area contributed by atoms with Crippen molar-refractivity contribution in [2.24, 2.45) is 10.9 Å². The van der Waals surface area contributed by atoms with Gasteiger partial charge in [-0.25, -0.2) is 13.6 Å². The van der Waals surface area contributed by atoms with Gasteiger partial charge in [0, 0.05) is 0 Å². The lowest BCUT2D eigenvalue weighted by Crippen LogP contribution is -2.21. The minimum atomic E-state index is -3.79. The van der Waals surface area contributed by atoms with E-state index in [2.05, 4.69) is 5.32 Å². The first kappa shape index (κ1) is 14.7. The van der Waals surface area contributed by atoms with Crippen LogP contribution in [0, 0.1) is 0 Å². The molecule has 1 aromatic carbocycles. The van der Waals surface area contributed by atoms with E-state index in [9.17, 15) is 8.42 Å². The van der Waals surface area contributed by atoms with Crippen LogP contribution in [0.1, 0.15) is 13.8 Å². The minimum absolute atomic E-state index is 0.00942. The zero-order valence-electron chi connectivity index (χ0n) is 10.0. The molecule has 5 N–H and O–H groups in total. The Morgan fingerprint density at radius 1 is 1.44 bits per heavy atom. The molecule has 0 unspecified atom stereocenters. The number of sulfonamides is 1. The summed E-state index contributed by atoms with van der Waals surface area (Å²) in [5, 5.41) is 7.71. The summed E-state index contributed by atoms with van der Waals surface area (Å²) in [5.74, 6) is 0.449. The van der Waals surface area contributed by atoms with Crippen molar-refractivity contribution in [2.75, 3.05) is 5.32 Å². The zero-order valence-corrected chi connectivity index (χ0v) is 11.6. The van der Waals surface area contributed by atoms with Gasteiger partial charge in [-0.15, -0.1) is 0 Å². The molecule has 0 bridgehead atoms. The van der Waals surface area contributed by atoms with Crippen molar-refractivity contribution >= 4 is 33.0 Å². The molecular weight excluding hydrogens is 274 g/mol. The van der Waals surface area contributed by atoms with Crippen molar-refractivity contribution < 1.29 is 13.2 Å². The van der Waals surface area contributed by atoms with Crippen LogP contribution in [-0.2, 0) is 10.0 Å². The van der Waals surface area contributed by atoms with Crippen molar-refractivity contribution in [3.8, 4) is 5.75 Å². The zero-order chi connectivity index (χ0) is 13.9. The predicted molar refractivity (Wildman–Crippen MR) is 74.0 cm³/mol. The Morgan fingerprint density at radius 2 is 2.06 bits per heavy atom. The van der Waals surface area contributed by atoms with E-state index >= 15 is 0 Å². The average molecular weight is 289 g/mol. The molecule has 0 radical (unpaired) electrons. The van der Waals surface area contributed by atoms with Crippen molar-refractivity contribution in [2.45, 2.75) is 24.8 Å². The Morgan fingerprint density at radius 3 is 2.50 bits per heavy atom. The van der Waals surface area contributed by atoms with Crippen molar-refractivity contribution in [1.29, 1.82) is 0 Å². The van der Waals surface area contributed by atoms with Crippen LogP contribution in [0.3, 0.4) is 0 Å². The summed E-state index contributed by atoms with van der Waals surface area (Å²) in [5.41, 5.74) is 5.73. The molecule has 8 heteroatoms. The molecule has 0 spiro atoms. The first-order valence-corrected chi connectivity index (χ1v) is 7.05. The maximum absolute atomic E-state index is 11.2. The van der Waals surface area contributed by atoms with Crippen LogP contribution < -0.4 is 20.9 Å². The molecular formula is C10H15N3O3S2. The molecule has 0 amide bonds. The van der Waals surface area contributed by atoms with Gasteiger partial charge < -0.3 is 15.8 Å². The fraction of sp³-hybridized carbons (Fsp3) is 0.300. The summed E-state index contributed by atoms with van der Waals surface area (Å²) in [6.45, 7) is 3.69. The number of primary sulfonamides is 1. The van der Waals surface area contributed by atoms with Gasteiger partial charge in [0.05, 0.1) is 16.7 Å². The highest BCUT2D eigenvalue weighted by atomic mass is 32.2. The van der Waals surface area contributed by atoms with Gasteiger partial charge in [0.15, 0.2) is 5.11 Å². The topological polar surface area (TPSA) is 107 Å². The molecule has 0 fully saturated rings. The second-order valence-corrected chi connectivity index (χ2v) is 5.86. The fourth-order valence-electron chi connectivity index (χ4n) is 1.27. The Labute approximate surface area is 111 Å². The molecule has 0 aliphatic heterocycles. The van der Waals surface area contributed by atoms with E-state index in [1.807, 2.05) is 13.8 Å². The van der Waals surface area contributed by atoms with Crippen LogP contribution in [0.15, 0.2) is 23.1 Å². The fourth-order valence-corrected chi connectivity index (χ4v) is 1.92. The molecule has 0 atom stereocenters. The summed E-state index contributed by atoms with van der Waals surface area (Å²) in [4.78, 5) is -0.0441. The lowest BCUT2D eigenvalue weighted by molar-refractivity contribution is 0.243. The van der Waals surface area contributed by atoms with Crippen LogP contribution in [0.5, 0.6) is 5.75 Å². The second kappa shape index (κ2) is 5.51. The lowest BCUT2D eigenvalue weighted by atomic mass is 10.3. The highest BCUT2D eigenvalue weighted by molar-refractivity contribution is 7.89. The normalized spacial score (nSPS) is 11.3. The average Bonchev–Trinajstić information content (AvgIpc) is 2.17. The molecule has 0 aliphatic rings. The monoisotopic (exact) mass is 289 g/mol. The van der Waals surface area contributed by atoms with E-state index in [0.717, 1.165) is 0 Å². The number of nitrogens with two attached hydrogens (primary N) is 2. The maximum Gasteiger partial charge on any atom is 0.238 e. The van der Waals surface area contributed by atoms with Crippen LogP contribution in [0.4, 0.5) is 5.69 Å². The molecule has 0 saturated carbocycles. The minimum Gasteiger partial charge on any atom is -0.489 e. The maximum atomic E-state index is 11.2. The van der Waals surface area contributed by atoms with Gasteiger partial charge in [-0.05, 0) is 44.3 Å². The second-order valence-electron chi connectivity index (χ2n) is 3.86. The third kappa shape index (κ3) is 4.13. The quantitative estimate of drug-likeness (QED) is 0.707. The van der Waals surface area contributed by atoms with E-state index in [0.29, 0.717) is 11.4 Å². The van der Waals surface area contributed by atoms with Crippen molar-refractivity contribution in [3.05, 3.63) is 18.2 Å². The number of nitrogens with one attached hydrogen (secondary N) is 1. The molecule has 6 nitrogen and oxygen atoms in total. The number of ether oxygens (including phenoxy) is 1. The molecule has 1 rings (SSSR count). The van der Waals surface area contributed by atoms with Gasteiger partial charge in [0.2, 0.25) is 10.0 Å². The largest absolute Gasteiger partial charge is 0.489 e. The van der Waals surface area contributed by atoms with Crippen LogP contribution in [0.2, 0.25) is 0 Å². The lowest BCUT2D eigenvalue weighted by Gasteiger charge is -2.15. The molecule has 18 heavy (non-hydrogen) atoms. The van der Waals surface area contributed by atoms with E-state index < -0.39 is 10.0 Å². The number of hydrogen-bond donors (Lipinski definition) is 3. The Kier molecular flexibility index (Phi) is 4.49. The summed E-state index contributed by atoms with van der Waals surface area (Å²) in [6.07, 6.45) is -0.0720. The highest BCUT2D eigenvalue weighted by Crippen LogP contribution is 2.28. The number of anilines is 1.